The zero-order chi connectivity index (χ0) is 27.9. The van der Waals surface area contributed by atoms with E-state index in [1.165, 1.54) is 25.3 Å². The van der Waals surface area contributed by atoms with Gasteiger partial charge in [-0.25, -0.2) is 9.69 Å². The van der Waals surface area contributed by atoms with Crippen molar-refractivity contribution in [3.05, 3.63) is 93.5 Å². The van der Waals surface area contributed by atoms with Crippen LogP contribution in [0.2, 0.25) is 0 Å². The van der Waals surface area contributed by atoms with E-state index in [9.17, 15) is 24.5 Å². The summed E-state index contributed by atoms with van der Waals surface area (Å²) in [5, 5.41) is 13.3. The first-order valence-corrected chi connectivity index (χ1v) is 12.0. The van der Waals surface area contributed by atoms with Crippen LogP contribution < -0.4 is 24.4 Å². The number of rotatable bonds is 10. The normalized spacial score (nSPS) is 14.3. The number of amides is 4. The molecule has 4 amide bonds. The van der Waals surface area contributed by atoms with Gasteiger partial charge in [0.05, 0.1) is 24.3 Å². The van der Waals surface area contributed by atoms with E-state index in [0.29, 0.717) is 29.2 Å². The van der Waals surface area contributed by atoms with E-state index in [2.05, 4.69) is 5.32 Å². The number of nitrogens with zero attached hydrogens (tertiary/aromatic N) is 2. The molecule has 0 atom stereocenters. The maximum absolute atomic E-state index is 13.3. The Morgan fingerprint density at radius 1 is 0.974 bits per heavy atom. The minimum absolute atomic E-state index is 0.0256. The summed E-state index contributed by atoms with van der Waals surface area (Å²) in [4.78, 5) is 50.1. The number of carbonyl (C=O) groups excluding carboxylic acids is 3. The van der Waals surface area contributed by atoms with Gasteiger partial charge in [-0.3, -0.25) is 25.0 Å². The van der Waals surface area contributed by atoms with Crippen LogP contribution in [0.3, 0.4) is 0 Å². The Kier molecular flexibility index (Phi) is 8.20. The average Bonchev–Trinajstić information content (AvgIpc) is 2.94. The van der Waals surface area contributed by atoms with E-state index in [0.717, 1.165) is 11.3 Å². The van der Waals surface area contributed by atoms with Crippen molar-refractivity contribution < 1.29 is 33.5 Å². The lowest BCUT2D eigenvalue weighted by atomic mass is 10.1. The van der Waals surface area contributed by atoms with Crippen LogP contribution in [0.15, 0.2) is 72.3 Å². The van der Waals surface area contributed by atoms with Crippen LogP contribution in [0.1, 0.15) is 24.5 Å². The van der Waals surface area contributed by atoms with Gasteiger partial charge in [0.2, 0.25) is 0 Å². The van der Waals surface area contributed by atoms with Crippen molar-refractivity contribution in [3.63, 3.8) is 0 Å². The number of urea groups is 1. The zero-order valence-electron chi connectivity index (χ0n) is 21.2. The number of barbiturate groups is 1. The van der Waals surface area contributed by atoms with Crippen molar-refractivity contribution in [2.75, 3.05) is 18.6 Å². The highest BCUT2D eigenvalue weighted by Crippen LogP contribution is 2.30. The Labute approximate surface area is 223 Å². The molecule has 1 saturated heterocycles. The molecule has 0 bridgehead atoms. The van der Waals surface area contributed by atoms with Crippen molar-refractivity contribution in [2.45, 2.75) is 20.0 Å². The Bertz CT molecular complexity index is 1450. The highest BCUT2D eigenvalue weighted by atomic mass is 16.6. The topological polar surface area (TPSA) is 137 Å². The first-order chi connectivity index (χ1) is 18.8. The van der Waals surface area contributed by atoms with Gasteiger partial charge >= 0.3 is 6.03 Å². The molecule has 11 nitrogen and oxygen atoms in total. The summed E-state index contributed by atoms with van der Waals surface area (Å²) in [5.74, 6) is -0.375. The number of hydrogen-bond acceptors (Lipinski definition) is 8. The van der Waals surface area contributed by atoms with Gasteiger partial charge in [0, 0.05) is 23.8 Å². The van der Waals surface area contributed by atoms with Crippen LogP contribution in [0.4, 0.5) is 16.2 Å². The third-order valence-electron chi connectivity index (χ3n) is 5.71. The lowest BCUT2D eigenvalue weighted by Gasteiger charge is -2.26. The van der Waals surface area contributed by atoms with Gasteiger partial charge in [0.25, 0.3) is 17.5 Å². The molecule has 1 N–H and O–H groups in total. The van der Waals surface area contributed by atoms with Crippen LogP contribution in [-0.2, 0) is 16.2 Å². The number of nitrogens with one attached hydrogen (secondary N) is 1. The van der Waals surface area contributed by atoms with E-state index in [1.54, 1.807) is 54.6 Å². The summed E-state index contributed by atoms with van der Waals surface area (Å²) in [6.45, 7) is 2.47. The van der Waals surface area contributed by atoms with Gasteiger partial charge in [-0.2, -0.15) is 0 Å². The molecule has 0 aliphatic carbocycles. The maximum atomic E-state index is 13.3. The second-order valence-corrected chi connectivity index (χ2v) is 8.42. The highest BCUT2D eigenvalue weighted by Gasteiger charge is 2.37. The SMILES string of the molecule is CCCOc1ccc(N2C(=O)NC(=O)/C(=C/c3ccc(OC)cc3OCc3cccc([N+](=O)[O-])c3)C2=O)cc1. The molecule has 39 heavy (non-hydrogen) atoms. The number of nitro groups is 1. The van der Waals surface area contributed by atoms with Gasteiger partial charge < -0.3 is 14.2 Å². The molecule has 1 aliphatic heterocycles. The number of methoxy groups -OCH3 is 1. The standard InChI is InChI=1S/C28H25N3O8/c1-3-13-38-22-11-8-20(9-12-22)30-27(33)24(26(32)29-28(30)34)15-19-7-10-23(37-2)16-25(19)39-17-18-5-4-6-21(14-18)31(35)36/h4-12,14-16H,3,13,17H2,1-2H3,(H,29,32,34)/b24-15-. The molecule has 3 aromatic carbocycles. The summed E-state index contributed by atoms with van der Waals surface area (Å²) >= 11 is 0. The minimum Gasteiger partial charge on any atom is -0.497 e. The zero-order valence-corrected chi connectivity index (χ0v) is 21.2. The van der Waals surface area contributed by atoms with Gasteiger partial charge in [0.1, 0.15) is 29.4 Å². The molecular formula is C28H25N3O8. The first kappa shape index (κ1) is 26.9. The fraction of sp³-hybridized carbons (Fsp3) is 0.179. The number of benzene rings is 3. The second kappa shape index (κ2) is 11.9. The lowest BCUT2D eigenvalue weighted by molar-refractivity contribution is -0.384. The molecule has 1 aliphatic rings. The van der Waals surface area contributed by atoms with Crippen molar-refractivity contribution in [1.82, 2.24) is 5.32 Å². The molecule has 11 heteroatoms. The lowest BCUT2D eigenvalue weighted by Crippen LogP contribution is -2.54. The van der Waals surface area contributed by atoms with E-state index in [-0.39, 0.29) is 29.3 Å². The van der Waals surface area contributed by atoms with Crippen LogP contribution in [0.25, 0.3) is 6.08 Å². The Morgan fingerprint density at radius 3 is 2.41 bits per heavy atom. The van der Waals surface area contributed by atoms with Crippen LogP contribution in [0.5, 0.6) is 17.2 Å². The smallest absolute Gasteiger partial charge is 0.335 e. The number of nitro benzene ring substituents is 1. The van der Waals surface area contributed by atoms with Crippen LogP contribution in [0, 0.1) is 10.1 Å². The minimum atomic E-state index is -0.874. The van der Waals surface area contributed by atoms with Crippen LogP contribution >= 0.6 is 0 Å². The number of imide groups is 2. The Hall–Kier alpha value is -5.19. The van der Waals surface area contributed by atoms with Gasteiger partial charge in [-0.15, -0.1) is 0 Å². The number of carbonyl (C=O) groups is 3. The molecular weight excluding hydrogens is 506 g/mol. The molecule has 4 rings (SSSR count). The van der Waals surface area contributed by atoms with Crippen LogP contribution in [-0.4, -0.2) is 36.5 Å². The molecule has 0 saturated carbocycles. The van der Waals surface area contributed by atoms with Gasteiger partial charge in [0.15, 0.2) is 0 Å². The molecule has 1 fully saturated rings. The average molecular weight is 532 g/mol. The summed E-state index contributed by atoms with van der Waals surface area (Å²) in [6.07, 6.45) is 2.14. The number of hydrogen-bond donors (Lipinski definition) is 1. The molecule has 0 spiro atoms. The first-order valence-electron chi connectivity index (χ1n) is 12.0. The Balaban J connectivity index is 1.63. The molecule has 0 aromatic heterocycles. The molecule has 200 valence electrons. The summed E-state index contributed by atoms with van der Waals surface area (Å²) in [7, 11) is 1.47. The predicted molar refractivity (Wildman–Crippen MR) is 142 cm³/mol. The van der Waals surface area contributed by atoms with E-state index < -0.39 is 22.8 Å². The highest BCUT2D eigenvalue weighted by molar-refractivity contribution is 6.39. The summed E-state index contributed by atoms with van der Waals surface area (Å²) < 4.78 is 16.7. The van der Waals surface area contributed by atoms with E-state index >= 15 is 0 Å². The Morgan fingerprint density at radius 2 is 1.72 bits per heavy atom. The summed E-state index contributed by atoms with van der Waals surface area (Å²) in [5.41, 5.74) is 0.795. The van der Waals surface area contributed by atoms with Crippen molar-refractivity contribution in [1.29, 1.82) is 0 Å². The van der Waals surface area contributed by atoms with E-state index in [1.807, 2.05) is 6.92 Å². The van der Waals surface area contributed by atoms with Crippen molar-refractivity contribution in [2.24, 2.45) is 0 Å². The van der Waals surface area contributed by atoms with Gasteiger partial charge in [-0.05, 0) is 54.5 Å². The monoisotopic (exact) mass is 531 g/mol. The fourth-order valence-electron chi connectivity index (χ4n) is 3.77. The number of ether oxygens (including phenoxy) is 3. The maximum Gasteiger partial charge on any atom is 0.335 e. The largest absolute Gasteiger partial charge is 0.497 e. The van der Waals surface area contributed by atoms with E-state index in [4.69, 9.17) is 14.2 Å². The second-order valence-electron chi connectivity index (χ2n) is 8.42. The predicted octanol–water partition coefficient (Wildman–Crippen LogP) is 4.64. The summed E-state index contributed by atoms with van der Waals surface area (Å²) in [6, 6.07) is 16.3. The third-order valence-corrected chi connectivity index (χ3v) is 5.71. The molecule has 1 heterocycles. The van der Waals surface area contributed by atoms with Crippen molar-refractivity contribution >= 4 is 35.3 Å². The third kappa shape index (κ3) is 6.21. The molecule has 0 radical (unpaired) electrons. The fourth-order valence-corrected chi connectivity index (χ4v) is 3.77. The van der Waals surface area contributed by atoms with Gasteiger partial charge in [-0.1, -0.05) is 19.1 Å². The quantitative estimate of drug-likeness (QED) is 0.173. The number of non-ortho nitro benzene ring substituents is 1. The number of anilines is 1. The molecule has 0 unspecified atom stereocenters. The molecule has 3 aromatic rings. The van der Waals surface area contributed by atoms with Crippen molar-refractivity contribution in [3.8, 4) is 17.2 Å².